The quantitative estimate of drug-likeness (QED) is 0.172. The second-order valence-corrected chi connectivity index (χ2v) is 18.5. The molecule has 0 radical (unpaired) electrons. The molecule has 0 fully saturated rings. The Morgan fingerprint density at radius 2 is 1.76 bits per heavy atom. The van der Waals surface area contributed by atoms with Crippen LogP contribution < -0.4 is 16.4 Å². The average molecular weight is 704 g/mol. The Balaban J connectivity index is 2.05. The van der Waals surface area contributed by atoms with Gasteiger partial charge >= 0.3 is 6.09 Å². The number of hydrogen-bond donors (Lipinski definition) is 4. The van der Waals surface area contributed by atoms with Gasteiger partial charge in [0.2, 0.25) is 11.8 Å². The Hall–Kier alpha value is -3.94. The molecule has 13 heteroatoms. The number of rotatable bonds is 16. The first kappa shape index (κ1) is 39.5. The lowest BCUT2D eigenvalue weighted by Crippen LogP contribution is -2.51. The van der Waals surface area contributed by atoms with Crippen LogP contribution >= 0.6 is 10.0 Å². The molecule has 49 heavy (non-hydrogen) atoms. The van der Waals surface area contributed by atoms with Crippen LogP contribution in [0, 0.1) is 17.0 Å². The number of aliphatic hydroxyl groups is 1. The van der Waals surface area contributed by atoms with E-state index in [0.717, 1.165) is 23.8 Å². The fourth-order valence-corrected chi connectivity index (χ4v) is 6.11. The molecule has 3 aromatic rings. The van der Waals surface area contributed by atoms with Gasteiger partial charge in [-0.1, -0.05) is 51.1 Å². The molecule has 0 aliphatic rings. The largest absolute Gasteiger partial charge is 0.449 e. The number of aliphatic hydroxyl groups excluding tert-OH is 1. The summed E-state index contributed by atoms with van der Waals surface area (Å²) >= 11 is 0. The zero-order valence-corrected chi connectivity index (χ0v) is 30.1. The van der Waals surface area contributed by atoms with Crippen LogP contribution in [0.15, 0.2) is 60.8 Å². The molecule has 5 N–H and O–H groups in total. The molecule has 0 aliphatic heterocycles. The second kappa shape index (κ2) is 17.6. The Morgan fingerprint density at radius 3 is 2.37 bits per heavy atom. The zero-order valence-electron chi connectivity index (χ0n) is 29.3. The molecular weight excluding hydrogens is 652 g/mol. The molecule has 0 aliphatic carbocycles. The van der Waals surface area contributed by atoms with E-state index in [4.69, 9.17) is 10.5 Å². The van der Waals surface area contributed by atoms with Crippen molar-refractivity contribution in [2.24, 2.45) is 11.1 Å². The van der Waals surface area contributed by atoms with E-state index in [1.165, 1.54) is 4.90 Å². The Labute approximate surface area is 289 Å². The van der Waals surface area contributed by atoms with Gasteiger partial charge in [0.1, 0.15) is 30.9 Å². The van der Waals surface area contributed by atoms with Gasteiger partial charge in [-0.05, 0) is 60.4 Å². The Bertz CT molecular complexity index is 1560. The smallest absolute Gasteiger partial charge is 0.407 e. The molecule has 2 aromatic carbocycles. The molecule has 3 rings (SSSR count). The Kier molecular flexibility index (Phi) is 14.2. The van der Waals surface area contributed by atoms with E-state index in [-0.39, 0.29) is 38.2 Å². The summed E-state index contributed by atoms with van der Waals surface area (Å²) in [5.41, 5.74) is 6.96. The minimum Gasteiger partial charge on any atom is -0.449 e. The number of hydrogen-bond acceptors (Lipinski definition) is 6. The van der Waals surface area contributed by atoms with Crippen molar-refractivity contribution in [3.63, 3.8) is 0 Å². The number of nitrogens with one attached hydrogen (secondary N) is 2. The van der Waals surface area contributed by atoms with Gasteiger partial charge in [0.05, 0.1) is 6.04 Å². The van der Waals surface area contributed by atoms with E-state index >= 15 is 4.39 Å². The predicted molar refractivity (Wildman–Crippen MR) is 192 cm³/mol. The molecule has 3 amide bonds. The van der Waals surface area contributed by atoms with Crippen LogP contribution in [0.1, 0.15) is 44.5 Å². The highest BCUT2D eigenvalue weighted by Crippen LogP contribution is 2.41. The van der Waals surface area contributed by atoms with E-state index in [0.29, 0.717) is 23.6 Å². The highest BCUT2D eigenvalue weighted by molar-refractivity contribution is 8.32. The highest BCUT2D eigenvalue weighted by Gasteiger charge is 2.38. The zero-order chi connectivity index (χ0) is 36.4. The third-order valence-corrected chi connectivity index (χ3v) is 9.26. The molecule has 2 unspecified atom stereocenters. The first-order valence-electron chi connectivity index (χ1n) is 16.2. The number of nitrogens with two attached hydrogens (primary N) is 1. The summed E-state index contributed by atoms with van der Waals surface area (Å²) in [6, 6.07) is 12.7. The SMILES string of the molecule is CC(C)(C)C(c1cc(-c2cc(F)ccc2F)cn1Cc1ccccc1)N(CCC(NC(=O)OCCS(C)(C)C)C(=O)NCCN)C(=O)CO. The minimum absolute atomic E-state index is 0.0148. The van der Waals surface area contributed by atoms with Crippen LogP contribution in [0.25, 0.3) is 11.1 Å². The first-order chi connectivity index (χ1) is 23.0. The maximum Gasteiger partial charge on any atom is 0.407 e. The van der Waals surface area contributed by atoms with Crippen molar-refractivity contribution in [1.82, 2.24) is 20.1 Å². The molecule has 0 saturated heterocycles. The summed E-state index contributed by atoms with van der Waals surface area (Å²) in [6.45, 7) is 5.83. The number of carbonyl (C=O) groups is 3. The molecule has 0 saturated carbocycles. The topological polar surface area (TPSA) is 139 Å². The lowest BCUT2D eigenvalue weighted by atomic mass is 9.82. The lowest BCUT2D eigenvalue weighted by Gasteiger charge is -2.41. The van der Waals surface area contributed by atoms with Crippen molar-refractivity contribution >= 4 is 27.9 Å². The molecule has 0 bridgehead atoms. The van der Waals surface area contributed by atoms with Crippen LogP contribution in [0.3, 0.4) is 0 Å². The standard InChI is InChI=1S/C36H51F2N5O5S/c1-36(2,3)33(31-20-26(28-21-27(37)12-13-29(28)38)23-42(31)22-25-10-8-7-9-11-25)43(32(45)24-44)17-14-30(34(46)40-16-15-39)41-35(47)48-18-19-49(4,5)6/h7-13,20-21,23,30,33,44H,14-19,22,24,39H2,1-6H3,(H,40,46)(H,41,47). The van der Waals surface area contributed by atoms with E-state index in [1.54, 1.807) is 12.3 Å². The normalized spacial score (nSPS) is 13.3. The number of halogens is 2. The summed E-state index contributed by atoms with van der Waals surface area (Å²) in [7, 11) is -0.912. The summed E-state index contributed by atoms with van der Waals surface area (Å²) in [6.07, 6.45) is 7.25. The van der Waals surface area contributed by atoms with Gasteiger partial charge in [-0.2, -0.15) is 0 Å². The molecular formula is C36H51F2N5O5S. The van der Waals surface area contributed by atoms with Crippen molar-refractivity contribution in [3.05, 3.63) is 83.7 Å². The molecule has 1 aromatic heterocycles. The third-order valence-electron chi connectivity index (χ3n) is 7.87. The molecule has 2 atom stereocenters. The number of amides is 3. The van der Waals surface area contributed by atoms with Gasteiger partial charge < -0.3 is 35.7 Å². The molecule has 1 heterocycles. The van der Waals surface area contributed by atoms with Crippen LogP contribution in [-0.2, 0) is 20.9 Å². The Morgan fingerprint density at radius 1 is 1.06 bits per heavy atom. The van der Waals surface area contributed by atoms with Crippen LogP contribution in [0.5, 0.6) is 0 Å². The van der Waals surface area contributed by atoms with Gasteiger partial charge in [0.15, 0.2) is 0 Å². The summed E-state index contributed by atoms with van der Waals surface area (Å²) in [5.74, 6) is -1.61. The monoisotopic (exact) mass is 703 g/mol. The number of nitrogens with zero attached hydrogens (tertiary/aromatic N) is 2. The van der Waals surface area contributed by atoms with Crippen molar-refractivity contribution in [2.75, 3.05) is 57.4 Å². The van der Waals surface area contributed by atoms with Gasteiger partial charge in [0.25, 0.3) is 0 Å². The number of benzene rings is 2. The number of ether oxygens (including phenoxy) is 1. The molecule has 10 nitrogen and oxygen atoms in total. The van der Waals surface area contributed by atoms with Crippen molar-refractivity contribution in [3.8, 4) is 11.1 Å². The van der Waals surface area contributed by atoms with E-state index in [9.17, 15) is 23.9 Å². The molecule has 0 spiro atoms. The van der Waals surface area contributed by atoms with Crippen LogP contribution in [0.4, 0.5) is 13.6 Å². The van der Waals surface area contributed by atoms with Crippen molar-refractivity contribution in [1.29, 1.82) is 0 Å². The van der Waals surface area contributed by atoms with Gasteiger partial charge in [-0.15, -0.1) is 0 Å². The van der Waals surface area contributed by atoms with E-state index in [1.807, 2.05) is 55.7 Å². The second-order valence-electron chi connectivity index (χ2n) is 13.9. The predicted octanol–water partition coefficient (Wildman–Crippen LogP) is 4.64. The van der Waals surface area contributed by atoms with Gasteiger partial charge in [-0.25, -0.2) is 23.6 Å². The van der Waals surface area contributed by atoms with Gasteiger partial charge in [0, 0.05) is 54.9 Å². The fourth-order valence-electron chi connectivity index (χ4n) is 5.52. The molecule has 270 valence electrons. The van der Waals surface area contributed by atoms with Crippen LogP contribution in [0.2, 0.25) is 0 Å². The maximum atomic E-state index is 15.1. The fraction of sp³-hybridized carbons (Fsp3) is 0.472. The summed E-state index contributed by atoms with van der Waals surface area (Å²) in [5, 5.41) is 15.5. The first-order valence-corrected chi connectivity index (χ1v) is 19.2. The summed E-state index contributed by atoms with van der Waals surface area (Å²) < 4.78 is 36.6. The van der Waals surface area contributed by atoms with Crippen molar-refractivity contribution < 1.29 is 33.0 Å². The third kappa shape index (κ3) is 11.9. The van der Waals surface area contributed by atoms with Gasteiger partial charge in [-0.3, -0.25) is 9.59 Å². The maximum absolute atomic E-state index is 15.1. The average Bonchev–Trinajstić information content (AvgIpc) is 3.43. The summed E-state index contributed by atoms with van der Waals surface area (Å²) in [4.78, 5) is 41.0. The number of aromatic nitrogens is 1. The highest BCUT2D eigenvalue weighted by atomic mass is 32.3. The van der Waals surface area contributed by atoms with Crippen LogP contribution in [-0.4, -0.2) is 95.9 Å². The minimum atomic E-state index is -1.08. The number of alkyl carbamates (subject to hydrolysis) is 1. The van der Waals surface area contributed by atoms with E-state index in [2.05, 4.69) is 29.4 Å². The number of carbonyl (C=O) groups excluding carboxylic acids is 3. The van der Waals surface area contributed by atoms with E-state index < -0.39 is 63.7 Å². The lowest BCUT2D eigenvalue weighted by molar-refractivity contribution is -0.140. The van der Waals surface area contributed by atoms with Crippen molar-refractivity contribution in [2.45, 2.75) is 45.8 Å².